The van der Waals surface area contributed by atoms with Crippen LogP contribution in [0.25, 0.3) is 0 Å². The third-order valence-electron chi connectivity index (χ3n) is 5.95. The van der Waals surface area contributed by atoms with Crippen molar-refractivity contribution in [1.29, 1.82) is 0 Å². The quantitative estimate of drug-likeness (QED) is 0.705. The van der Waals surface area contributed by atoms with Crippen LogP contribution in [-0.4, -0.2) is 18.4 Å². The molecule has 0 radical (unpaired) electrons. The smallest absolute Gasteiger partial charge is 0.248 e. The average Bonchev–Trinajstić information content (AvgIpc) is 2.62. The number of hydrogen-bond donors (Lipinski definition) is 2. The number of nitrogens with one attached hydrogen (secondary N) is 1. The molecule has 0 aliphatic heterocycles. The van der Waals surface area contributed by atoms with Crippen LogP contribution in [0.3, 0.4) is 0 Å². The Bertz CT molecular complexity index is 736. The predicted octanol–water partition coefficient (Wildman–Crippen LogP) is 4.55. The van der Waals surface area contributed by atoms with Crippen molar-refractivity contribution in [3.63, 3.8) is 0 Å². The Morgan fingerprint density at radius 3 is 2.48 bits per heavy atom. The van der Waals surface area contributed by atoms with Gasteiger partial charge in [-0.1, -0.05) is 31.9 Å². The molecule has 0 saturated carbocycles. The number of allylic oxidation sites excluding steroid dienone is 1. The van der Waals surface area contributed by atoms with Gasteiger partial charge < -0.3 is 11.1 Å². The first kappa shape index (κ1) is 21.2. The van der Waals surface area contributed by atoms with Gasteiger partial charge in [-0.2, -0.15) is 0 Å². The van der Waals surface area contributed by atoms with Gasteiger partial charge in [0.25, 0.3) is 0 Å². The molecule has 2 amide bonds. The van der Waals surface area contributed by atoms with Gasteiger partial charge in [-0.05, 0) is 81.0 Å². The summed E-state index contributed by atoms with van der Waals surface area (Å²) in [6.45, 7) is 9.17. The zero-order chi connectivity index (χ0) is 20.0. The minimum Gasteiger partial charge on any atom is -0.366 e. The molecule has 0 aromatic heterocycles. The van der Waals surface area contributed by atoms with Gasteiger partial charge in [-0.25, -0.2) is 0 Å². The summed E-state index contributed by atoms with van der Waals surface area (Å²) in [7, 11) is 0. The highest BCUT2D eigenvalue weighted by Gasteiger charge is 2.28. The molecule has 0 heterocycles. The first-order valence-corrected chi connectivity index (χ1v) is 10.2. The SMILES string of the molecule is CCCC(C)(CCNC(=O)C1=C(C)CCCC1)c1cc(C(N)=O)ccc1C. The van der Waals surface area contributed by atoms with Crippen LogP contribution < -0.4 is 11.1 Å². The van der Waals surface area contributed by atoms with Crippen LogP contribution in [0.1, 0.15) is 87.2 Å². The number of aryl methyl sites for hydroxylation is 1. The molecule has 1 aliphatic rings. The fourth-order valence-corrected chi connectivity index (χ4v) is 4.29. The van der Waals surface area contributed by atoms with Gasteiger partial charge in [-0.15, -0.1) is 0 Å². The molecule has 3 N–H and O–H groups in total. The minimum atomic E-state index is -0.400. The second kappa shape index (κ2) is 9.20. The Morgan fingerprint density at radius 1 is 1.15 bits per heavy atom. The number of nitrogens with two attached hydrogens (primary N) is 1. The number of amides is 2. The molecule has 0 saturated heterocycles. The maximum absolute atomic E-state index is 12.6. The van der Waals surface area contributed by atoms with Gasteiger partial charge in [0.15, 0.2) is 0 Å². The van der Waals surface area contributed by atoms with Gasteiger partial charge in [0.1, 0.15) is 0 Å². The van der Waals surface area contributed by atoms with Crippen LogP contribution >= 0.6 is 0 Å². The van der Waals surface area contributed by atoms with E-state index in [9.17, 15) is 9.59 Å². The Hall–Kier alpha value is -2.10. The third kappa shape index (κ3) is 5.21. The summed E-state index contributed by atoms with van der Waals surface area (Å²) in [5.74, 6) is -0.309. The zero-order valence-corrected chi connectivity index (χ0v) is 17.3. The van der Waals surface area contributed by atoms with E-state index in [2.05, 4.69) is 33.0 Å². The number of carbonyl (C=O) groups excluding carboxylic acids is 2. The molecule has 1 aromatic carbocycles. The fraction of sp³-hybridized carbons (Fsp3) is 0.565. The van der Waals surface area contributed by atoms with Crippen LogP contribution in [0.5, 0.6) is 0 Å². The van der Waals surface area contributed by atoms with E-state index in [-0.39, 0.29) is 11.3 Å². The summed E-state index contributed by atoms with van der Waals surface area (Å²) in [6.07, 6.45) is 7.09. The standard InChI is InChI=1S/C23H34N2O2/c1-5-12-23(4,20-15-18(21(24)26)11-10-17(20)3)13-14-25-22(27)19-9-7-6-8-16(19)2/h10-11,15H,5-9,12-14H2,1-4H3,(H2,24,26)(H,25,27). The normalized spacial score (nSPS) is 16.7. The van der Waals surface area contributed by atoms with E-state index in [0.29, 0.717) is 12.1 Å². The van der Waals surface area contributed by atoms with E-state index >= 15 is 0 Å². The number of benzene rings is 1. The van der Waals surface area contributed by atoms with Crippen molar-refractivity contribution in [1.82, 2.24) is 5.32 Å². The molecule has 0 spiro atoms. The van der Waals surface area contributed by atoms with Crippen molar-refractivity contribution in [2.75, 3.05) is 6.54 Å². The molecule has 148 valence electrons. The van der Waals surface area contributed by atoms with Crippen LogP contribution in [0.4, 0.5) is 0 Å². The average molecular weight is 371 g/mol. The molecule has 4 nitrogen and oxygen atoms in total. The zero-order valence-electron chi connectivity index (χ0n) is 17.3. The number of primary amides is 1. The third-order valence-corrected chi connectivity index (χ3v) is 5.95. The molecule has 27 heavy (non-hydrogen) atoms. The molecule has 1 aromatic rings. The van der Waals surface area contributed by atoms with Crippen molar-refractivity contribution in [3.05, 3.63) is 46.0 Å². The molecule has 4 heteroatoms. The molecule has 1 aliphatic carbocycles. The molecular formula is C23H34N2O2. The summed E-state index contributed by atoms with van der Waals surface area (Å²) in [4.78, 5) is 24.2. The van der Waals surface area contributed by atoms with Crippen molar-refractivity contribution in [2.45, 2.75) is 78.1 Å². The minimum absolute atomic E-state index is 0.0913. The summed E-state index contributed by atoms with van der Waals surface area (Å²) in [5, 5.41) is 3.14. The Kier molecular flexibility index (Phi) is 7.23. The molecule has 0 fully saturated rings. The van der Waals surface area contributed by atoms with Crippen LogP contribution in [0.2, 0.25) is 0 Å². The predicted molar refractivity (Wildman–Crippen MR) is 111 cm³/mol. The molecular weight excluding hydrogens is 336 g/mol. The number of hydrogen-bond acceptors (Lipinski definition) is 2. The highest BCUT2D eigenvalue weighted by Crippen LogP contribution is 2.35. The first-order chi connectivity index (χ1) is 12.8. The van der Waals surface area contributed by atoms with Crippen molar-refractivity contribution >= 4 is 11.8 Å². The Morgan fingerprint density at radius 2 is 1.85 bits per heavy atom. The lowest BCUT2D eigenvalue weighted by atomic mass is 9.73. The summed E-state index contributed by atoms with van der Waals surface area (Å²) in [5.41, 5.74) is 10.5. The van der Waals surface area contributed by atoms with E-state index in [4.69, 9.17) is 5.73 Å². The second-order valence-corrected chi connectivity index (χ2v) is 8.18. The van der Waals surface area contributed by atoms with Crippen molar-refractivity contribution in [3.8, 4) is 0 Å². The summed E-state index contributed by atoms with van der Waals surface area (Å²) in [6, 6.07) is 5.69. The monoisotopic (exact) mass is 370 g/mol. The first-order valence-electron chi connectivity index (χ1n) is 10.2. The van der Waals surface area contributed by atoms with Crippen molar-refractivity contribution < 1.29 is 9.59 Å². The number of carbonyl (C=O) groups is 2. The van der Waals surface area contributed by atoms with Crippen LogP contribution in [0, 0.1) is 6.92 Å². The highest BCUT2D eigenvalue weighted by atomic mass is 16.2. The van der Waals surface area contributed by atoms with Gasteiger partial charge in [0, 0.05) is 17.7 Å². The topological polar surface area (TPSA) is 72.2 Å². The molecule has 2 rings (SSSR count). The molecule has 1 unspecified atom stereocenters. The molecule has 1 atom stereocenters. The highest BCUT2D eigenvalue weighted by molar-refractivity contribution is 5.94. The summed E-state index contributed by atoms with van der Waals surface area (Å²) < 4.78 is 0. The van der Waals surface area contributed by atoms with Gasteiger partial charge in [0.05, 0.1) is 0 Å². The van der Waals surface area contributed by atoms with E-state index < -0.39 is 5.91 Å². The van der Waals surface area contributed by atoms with Gasteiger partial charge in [0.2, 0.25) is 11.8 Å². The Labute approximate surface area is 163 Å². The molecule has 0 bridgehead atoms. The van der Waals surface area contributed by atoms with Crippen LogP contribution in [-0.2, 0) is 10.2 Å². The lowest BCUT2D eigenvalue weighted by Gasteiger charge is -2.32. The van der Waals surface area contributed by atoms with E-state index in [0.717, 1.165) is 55.2 Å². The Balaban J connectivity index is 2.14. The van der Waals surface area contributed by atoms with Gasteiger partial charge >= 0.3 is 0 Å². The van der Waals surface area contributed by atoms with E-state index in [1.54, 1.807) is 6.07 Å². The summed E-state index contributed by atoms with van der Waals surface area (Å²) >= 11 is 0. The maximum atomic E-state index is 12.6. The van der Waals surface area contributed by atoms with E-state index in [1.165, 1.54) is 12.0 Å². The largest absolute Gasteiger partial charge is 0.366 e. The van der Waals surface area contributed by atoms with Crippen molar-refractivity contribution in [2.24, 2.45) is 5.73 Å². The lowest BCUT2D eigenvalue weighted by molar-refractivity contribution is -0.117. The van der Waals surface area contributed by atoms with Crippen LogP contribution in [0.15, 0.2) is 29.3 Å². The fourth-order valence-electron chi connectivity index (χ4n) is 4.29. The van der Waals surface area contributed by atoms with E-state index in [1.807, 2.05) is 12.1 Å². The number of rotatable bonds is 8. The lowest BCUT2D eigenvalue weighted by Crippen LogP contribution is -2.33. The maximum Gasteiger partial charge on any atom is 0.248 e. The van der Waals surface area contributed by atoms with Gasteiger partial charge in [-0.3, -0.25) is 9.59 Å². The second-order valence-electron chi connectivity index (χ2n) is 8.18.